The Morgan fingerprint density at radius 1 is 1.31 bits per heavy atom. The minimum Gasteiger partial charge on any atom is -0.393 e. The summed E-state index contributed by atoms with van der Waals surface area (Å²) in [6, 6.07) is 9.55. The van der Waals surface area contributed by atoms with Crippen molar-refractivity contribution in [3.63, 3.8) is 0 Å². The molecule has 0 saturated heterocycles. The van der Waals surface area contributed by atoms with E-state index in [1.807, 2.05) is 30.3 Å². The van der Waals surface area contributed by atoms with Crippen LogP contribution in [0.4, 0.5) is 5.69 Å². The van der Waals surface area contributed by atoms with Crippen LogP contribution in [0.2, 0.25) is 5.02 Å². The van der Waals surface area contributed by atoms with Crippen molar-refractivity contribution < 1.29 is 0 Å². The molecule has 2 rings (SSSR count). The van der Waals surface area contributed by atoms with Gasteiger partial charge in [0.15, 0.2) is 0 Å². The molecule has 0 atom stereocenters. The maximum absolute atomic E-state index is 11.7. The Morgan fingerprint density at radius 3 is 2.69 bits per heavy atom. The second-order valence-corrected chi connectivity index (χ2v) is 3.76. The molecule has 0 aliphatic rings. The molecule has 1 aromatic carbocycles. The molecule has 0 radical (unpaired) electrons. The summed E-state index contributed by atoms with van der Waals surface area (Å²) in [4.78, 5) is 11.7. The first-order valence-corrected chi connectivity index (χ1v) is 5.11. The van der Waals surface area contributed by atoms with Crippen LogP contribution in [0.15, 0.2) is 41.3 Å². The molecule has 4 nitrogen and oxygen atoms in total. The summed E-state index contributed by atoms with van der Waals surface area (Å²) in [5.41, 5.74) is 6.19. The van der Waals surface area contributed by atoms with Crippen LogP contribution in [0, 0.1) is 0 Å². The first-order valence-electron chi connectivity index (χ1n) is 4.73. The van der Waals surface area contributed by atoms with Gasteiger partial charge in [0.25, 0.3) is 5.56 Å². The number of rotatable bonds is 2. The van der Waals surface area contributed by atoms with Crippen LogP contribution in [0.1, 0.15) is 5.56 Å². The maximum Gasteiger partial charge on any atom is 0.291 e. The molecule has 2 aromatic rings. The highest BCUT2D eigenvalue weighted by Gasteiger charge is 2.06. The number of aromatic nitrogens is 2. The van der Waals surface area contributed by atoms with Crippen LogP contribution in [-0.2, 0) is 6.54 Å². The van der Waals surface area contributed by atoms with Crippen LogP contribution in [-0.4, -0.2) is 9.78 Å². The zero-order valence-corrected chi connectivity index (χ0v) is 9.19. The van der Waals surface area contributed by atoms with E-state index in [0.717, 1.165) is 5.56 Å². The third-order valence-corrected chi connectivity index (χ3v) is 2.51. The third-order valence-electron chi connectivity index (χ3n) is 2.21. The number of hydrogen-bond donors (Lipinski definition) is 1. The van der Waals surface area contributed by atoms with Gasteiger partial charge in [-0.1, -0.05) is 41.9 Å². The fourth-order valence-electron chi connectivity index (χ4n) is 1.35. The van der Waals surface area contributed by atoms with Crippen LogP contribution in [0.3, 0.4) is 0 Å². The first kappa shape index (κ1) is 10.7. The predicted octanol–water partition coefficient (Wildman–Crippen LogP) is 1.53. The number of hydrogen-bond acceptors (Lipinski definition) is 3. The van der Waals surface area contributed by atoms with Crippen LogP contribution in [0.5, 0.6) is 0 Å². The highest BCUT2D eigenvalue weighted by Crippen LogP contribution is 2.11. The van der Waals surface area contributed by atoms with Crippen molar-refractivity contribution in [3.8, 4) is 0 Å². The normalized spacial score (nSPS) is 10.3. The molecule has 0 bridgehead atoms. The minimum atomic E-state index is -0.364. The maximum atomic E-state index is 11.7. The lowest BCUT2D eigenvalue weighted by Gasteiger charge is -2.05. The van der Waals surface area contributed by atoms with Gasteiger partial charge in [-0.15, -0.1) is 0 Å². The fourth-order valence-corrected chi connectivity index (χ4v) is 1.48. The molecular weight excluding hydrogens is 226 g/mol. The molecule has 16 heavy (non-hydrogen) atoms. The lowest BCUT2D eigenvalue weighted by molar-refractivity contribution is 0.641. The minimum absolute atomic E-state index is 0.0348. The summed E-state index contributed by atoms with van der Waals surface area (Å²) < 4.78 is 1.29. The van der Waals surface area contributed by atoms with E-state index in [4.69, 9.17) is 17.3 Å². The second-order valence-electron chi connectivity index (χ2n) is 3.35. The van der Waals surface area contributed by atoms with E-state index in [2.05, 4.69) is 5.10 Å². The molecule has 0 unspecified atom stereocenters. The van der Waals surface area contributed by atoms with Crippen molar-refractivity contribution in [2.24, 2.45) is 0 Å². The molecule has 0 fully saturated rings. The Hall–Kier alpha value is -1.81. The molecule has 0 spiro atoms. The number of nitrogen functional groups attached to an aromatic ring is 1. The first-order chi connectivity index (χ1) is 7.68. The highest BCUT2D eigenvalue weighted by atomic mass is 35.5. The van der Waals surface area contributed by atoms with Crippen molar-refractivity contribution in [3.05, 3.63) is 57.5 Å². The quantitative estimate of drug-likeness (QED) is 0.859. The largest absolute Gasteiger partial charge is 0.393 e. The number of nitrogens with zero attached hydrogens (tertiary/aromatic N) is 2. The van der Waals surface area contributed by atoms with Crippen molar-refractivity contribution in [2.75, 3.05) is 5.73 Å². The van der Waals surface area contributed by atoms with Crippen LogP contribution >= 0.6 is 11.6 Å². The monoisotopic (exact) mass is 235 g/mol. The summed E-state index contributed by atoms with van der Waals surface area (Å²) in [5, 5.41) is 4.12. The van der Waals surface area contributed by atoms with Gasteiger partial charge in [-0.25, -0.2) is 4.68 Å². The number of benzene rings is 1. The van der Waals surface area contributed by atoms with Crippen molar-refractivity contribution >= 4 is 17.3 Å². The van der Waals surface area contributed by atoms with Crippen molar-refractivity contribution in [1.82, 2.24) is 9.78 Å². The molecule has 0 amide bonds. The lowest BCUT2D eigenvalue weighted by atomic mass is 10.2. The van der Waals surface area contributed by atoms with Crippen LogP contribution < -0.4 is 11.3 Å². The average molecular weight is 236 g/mol. The van der Waals surface area contributed by atoms with E-state index in [1.54, 1.807) is 0 Å². The van der Waals surface area contributed by atoms with Gasteiger partial charge in [-0.05, 0) is 5.56 Å². The molecule has 1 aromatic heterocycles. The van der Waals surface area contributed by atoms with Gasteiger partial charge in [0.1, 0.15) is 5.69 Å². The van der Waals surface area contributed by atoms with Crippen molar-refractivity contribution in [1.29, 1.82) is 0 Å². The second kappa shape index (κ2) is 4.37. The summed E-state index contributed by atoms with van der Waals surface area (Å²) in [6.45, 7) is 0.390. The molecule has 0 saturated carbocycles. The molecule has 5 heteroatoms. The Balaban J connectivity index is 2.37. The topological polar surface area (TPSA) is 60.9 Å². The fraction of sp³-hybridized carbons (Fsp3) is 0.0909. The van der Waals surface area contributed by atoms with E-state index in [-0.39, 0.29) is 16.3 Å². The Kier molecular flexibility index (Phi) is 2.92. The van der Waals surface area contributed by atoms with E-state index in [1.165, 1.54) is 10.9 Å². The molecule has 2 N–H and O–H groups in total. The SMILES string of the molecule is Nc1c(Cl)cnn(Cc2ccccc2)c1=O. The lowest BCUT2D eigenvalue weighted by Crippen LogP contribution is -2.25. The van der Waals surface area contributed by atoms with Gasteiger partial charge >= 0.3 is 0 Å². The standard InChI is InChI=1S/C11H10ClN3O/c12-9-6-14-15(11(16)10(9)13)7-8-4-2-1-3-5-8/h1-6H,7,13H2. The highest BCUT2D eigenvalue weighted by molar-refractivity contribution is 6.32. The number of anilines is 1. The zero-order chi connectivity index (χ0) is 11.5. The Morgan fingerprint density at radius 2 is 2.00 bits per heavy atom. The summed E-state index contributed by atoms with van der Waals surface area (Å²) in [5.74, 6) is 0. The third kappa shape index (κ3) is 2.06. The molecule has 82 valence electrons. The molecule has 1 heterocycles. The Bertz CT molecular complexity index is 551. The van der Waals surface area contributed by atoms with E-state index >= 15 is 0 Å². The van der Waals surface area contributed by atoms with Gasteiger partial charge in [-0.2, -0.15) is 5.10 Å². The van der Waals surface area contributed by atoms with Gasteiger partial charge < -0.3 is 5.73 Å². The molecule has 0 aliphatic heterocycles. The summed E-state index contributed by atoms with van der Waals surface area (Å²) in [7, 11) is 0. The summed E-state index contributed by atoms with van der Waals surface area (Å²) >= 11 is 5.69. The van der Waals surface area contributed by atoms with E-state index in [0.29, 0.717) is 6.54 Å². The van der Waals surface area contributed by atoms with Gasteiger partial charge in [0.2, 0.25) is 0 Å². The summed E-state index contributed by atoms with van der Waals surface area (Å²) in [6.07, 6.45) is 1.38. The van der Waals surface area contributed by atoms with E-state index in [9.17, 15) is 4.79 Å². The van der Waals surface area contributed by atoms with Crippen molar-refractivity contribution in [2.45, 2.75) is 6.54 Å². The number of nitrogens with two attached hydrogens (primary N) is 1. The van der Waals surface area contributed by atoms with Gasteiger partial charge in [-0.3, -0.25) is 4.79 Å². The molecule has 0 aliphatic carbocycles. The number of halogens is 1. The van der Waals surface area contributed by atoms with Gasteiger partial charge in [0, 0.05) is 0 Å². The van der Waals surface area contributed by atoms with Gasteiger partial charge in [0.05, 0.1) is 17.8 Å². The van der Waals surface area contributed by atoms with Crippen LogP contribution in [0.25, 0.3) is 0 Å². The van der Waals surface area contributed by atoms with E-state index < -0.39 is 0 Å². The molecular formula is C11H10ClN3O. The Labute approximate surface area is 97.3 Å². The smallest absolute Gasteiger partial charge is 0.291 e. The zero-order valence-electron chi connectivity index (χ0n) is 8.43. The predicted molar refractivity (Wildman–Crippen MR) is 63.5 cm³/mol. The average Bonchev–Trinajstić information content (AvgIpc) is 2.31.